The SMILES string of the molecule is CC(C)(CC1(C)NC(=O)NC1=O)NC=O.CCC(C)C. The third kappa shape index (κ3) is 6.04. The molecule has 0 aromatic heterocycles. The van der Waals surface area contributed by atoms with Gasteiger partial charge in [-0.05, 0) is 26.7 Å². The highest BCUT2D eigenvalue weighted by Gasteiger charge is 2.45. The van der Waals surface area contributed by atoms with Gasteiger partial charge in [0.05, 0.1) is 0 Å². The number of nitrogens with one attached hydrogen (secondary N) is 3. The fourth-order valence-corrected chi connectivity index (χ4v) is 1.80. The van der Waals surface area contributed by atoms with Crippen LogP contribution in [0.3, 0.4) is 0 Å². The van der Waals surface area contributed by atoms with Gasteiger partial charge in [0.2, 0.25) is 6.41 Å². The van der Waals surface area contributed by atoms with Crippen LogP contribution in [0, 0.1) is 5.92 Å². The van der Waals surface area contributed by atoms with Gasteiger partial charge in [0.25, 0.3) is 5.91 Å². The third-order valence-electron chi connectivity index (χ3n) is 3.18. The predicted octanol–water partition coefficient (Wildman–Crippen LogP) is 1.55. The van der Waals surface area contributed by atoms with E-state index in [0.29, 0.717) is 12.8 Å². The van der Waals surface area contributed by atoms with Crippen molar-refractivity contribution in [3.05, 3.63) is 0 Å². The highest BCUT2D eigenvalue weighted by molar-refractivity contribution is 6.06. The van der Waals surface area contributed by atoms with Crippen molar-refractivity contribution in [2.24, 2.45) is 5.92 Å². The summed E-state index contributed by atoms with van der Waals surface area (Å²) in [5, 5.41) is 7.30. The van der Waals surface area contributed by atoms with Crippen molar-refractivity contribution in [1.29, 1.82) is 0 Å². The largest absolute Gasteiger partial charge is 0.354 e. The quantitative estimate of drug-likeness (QED) is 0.529. The molecule has 20 heavy (non-hydrogen) atoms. The molecule has 0 aromatic carbocycles. The van der Waals surface area contributed by atoms with Crippen molar-refractivity contribution in [3.8, 4) is 0 Å². The monoisotopic (exact) mass is 285 g/mol. The molecule has 1 saturated heterocycles. The maximum absolute atomic E-state index is 11.5. The normalized spacial score (nSPS) is 21.8. The van der Waals surface area contributed by atoms with E-state index in [1.165, 1.54) is 6.42 Å². The van der Waals surface area contributed by atoms with Crippen molar-refractivity contribution < 1.29 is 14.4 Å². The van der Waals surface area contributed by atoms with Gasteiger partial charge in [-0.15, -0.1) is 0 Å². The van der Waals surface area contributed by atoms with Crippen LogP contribution in [0.15, 0.2) is 0 Å². The summed E-state index contributed by atoms with van der Waals surface area (Å²) in [5.41, 5.74) is -1.51. The van der Waals surface area contributed by atoms with E-state index in [4.69, 9.17) is 0 Å². The first-order valence-electron chi connectivity index (χ1n) is 6.91. The lowest BCUT2D eigenvalue weighted by Crippen LogP contribution is -2.53. The standard InChI is InChI=1S/C9H15N3O3.C5H12/c1-8(2,10-5-13)4-9(3)6(14)11-7(15)12-9;1-4-5(2)3/h5H,4H2,1-3H3,(H,10,13)(H2,11,12,14,15);5H,4H2,1-3H3. The van der Waals surface area contributed by atoms with E-state index >= 15 is 0 Å². The number of hydrogen-bond acceptors (Lipinski definition) is 3. The van der Waals surface area contributed by atoms with Gasteiger partial charge in [0, 0.05) is 12.0 Å². The Balaban J connectivity index is 0.000000621. The van der Waals surface area contributed by atoms with Crippen molar-refractivity contribution in [1.82, 2.24) is 16.0 Å². The average molecular weight is 285 g/mol. The molecule has 1 atom stereocenters. The number of rotatable bonds is 5. The Morgan fingerprint density at radius 2 is 1.85 bits per heavy atom. The molecule has 0 aliphatic carbocycles. The lowest BCUT2D eigenvalue weighted by Gasteiger charge is -2.32. The van der Waals surface area contributed by atoms with Crippen LogP contribution in [0.25, 0.3) is 0 Å². The van der Waals surface area contributed by atoms with Crippen molar-refractivity contribution in [2.45, 2.75) is 65.5 Å². The Kier molecular flexibility index (Phi) is 6.68. The summed E-state index contributed by atoms with van der Waals surface area (Å²) in [6, 6.07) is -0.496. The molecule has 1 aliphatic rings. The smallest absolute Gasteiger partial charge is 0.322 e. The maximum atomic E-state index is 11.5. The molecular weight excluding hydrogens is 258 g/mol. The minimum atomic E-state index is -0.962. The lowest BCUT2D eigenvalue weighted by atomic mass is 9.86. The first-order chi connectivity index (χ1) is 9.06. The first kappa shape index (κ1) is 18.4. The fraction of sp³-hybridized carbons (Fsp3) is 0.786. The molecule has 6 nitrogen and oxygen atoms in total. The van der Waals surface area contributed by atoms with Gasteiger partial charge >= 0.3 is 6.03 Å². The molecule has 6 heteroatoms. The van der Waals surface area contributed by atoms with Gasteiger partial charge in [-0.2, -0.15) is 0 Å². The van der Waals surface area contributed by atoms with Crippen molar-refractivity contribution in [3.63, 3.8) is 0 Å². The number of imide groups is 1. The average Bonchev–Trinajstić information content (AvgIpc) is 2.51. The topological polar surface area (TPSA) is 87.3 Å². The lowest BCUT2D eigenvalue weighted by molar-refractivity contribution is -0.124. The van der Waals surface area contributed by atoms with Crippen LogP contribution in [-0.2, 0) is 9.59 Å². The molecule has 116 valence electrons. The summed E-state index contributed by atoms with van der Waals surface area (Å²) in [6.07, 6.45) is 2.22. The first-order valence-corrected chi connectivity index (χ1v) is 6.91. The van der Waals surface area contributed by atoms with Gasteiger partial charge in [0.15, 0.2) is 0 Å². The second-order valence-corrected chi connectivity index (χ2v) is 6.37. The Bertz CT molecular complexity index is 367. The molecule has 0 radical (unpaired) electrons. The molecule has 0 aromatic rings. The molecule has 0 saturated carbocycles. The van der Waals surface area contributed by atoms with E-state index in [1.54, 1.807) is 20.8 Å². The summed E-state index contributed by atoms with van der Waals surface area (Å²) in [4.78, 5) is 32.8. The molecule has 0 spiro atoms. The predicted molar refractivity (Wildman–Crippen MR) is 78.1 cm³/mol. The summed E-state index contributed by atoms with van der Waals surface area (Å²) in [6.45, 7) is 11.8. The number of urea groups is 1. The molecule has 3 N–H and O–H groups in total. The van der Waals surface area contributed by atoms with Crippen LogP contribution < -0.4 is 16.0 Å². The Morgan fingerprint density at radius 3 is 2.15 bits per heavy atom. The molecule has 1 aliphatic heterocycles. The Hall–Kier alpha value is -1.59. The van der Waals surface area contributed by atoms with Crippen LogP contribution in [0.1, 0.15) is 54.4 Å². The zero-order valence-electron chi connectivity index (χ0n) is 13.3. The summed E-state index contributed by atoms with van der Waals surface area (Å²) in [7, 11) is 0. The van der Waals surface area contributed by atoms with Gasteiger partial charge < -0.3 is 10.6 Å². The Morgan fingerprint density at radius 1 is 1.35 bits per heavy atom. The zero-order valence-corrected chi connectivity index (χ0v) is 13.3. The van der Waals surface area contributed by atoms with Crippen LogP contribution in [0.2, 0.25) is 0 Å². The molecule has 1 fully saturated rings. The van der Waals surface area contributed by atoms with E-state index in [1.807, 2.05) is 0 Å². The Labute approximate surface area is 121 Å². The van der Waals surface area contributed by atoms with Crippen LogP contribution in [-0.4, -0.2) is 29.4 Å². The molecule has 1 unspecified atom stereocenters. The maximum Gasteiger partial charge on any atom is 0.322 e. The minimum absolute atomic E-state index is 0.330. The van der Waals surface area contributed by atoms with Gasteiger partial charge in [-0.25, -0.2) is 4.79 Å². The van der Waals surface area contributed by atoms with Gasteiger partial charge in [-0.3, -0.25) is 14.9 Å². The van der Waals surface area contributed by atoms with Crippen LogP contribution in [0.4, 0.5) is 4.79 Å². The second-order valence-electron chi connectivity index (χ2n) is 6.37. The highest BCUT2D eigenvalue weighted by Crippen LogP contribution is 2.22. The molecule has 0 bridgehead atoms. The van der Waals surface area contributed by atoms with Crippen molar-refractivity contribution >= 4 is 18.3 Å². The third-order valence-corrected chi connectivity index (χ3v) is 3.18. The van der Waals surface area contributed by atoms with Crippen LogP contribution >= 0.6 is 0 Å². The van der Waals surface area contributed by atoms with Crippen molar-refractivity contribution in [2.75, 3.05) is 0 Å². The summed E-state index contributed by atoms with van der Waals surface area (Å²) in [5.74, 6) is 0.517. The van der Waals surface area contributed by atoms with Crippen LogP contribution in [0.5, 0.6) is 0 Å². The molecule has 1 heterocycles. The molecule has 4 amide bonds. The zero-order chi connectivity index (χ0) is 16.0. The number of carbonyl (C=O) groups is 3. The fourth-order valence-electron chi connectivity index (χ4n) is 1.80. The molecular formula is C14H27N3O3. The molecule has 1 rings (SSSR count). The number of hydrogen-bond donors (Lipinski definition) is 3. The number of carbonyl (C=O) groups excluding carboxylic acids is 3. The number of amides is 4. The minimum Gasteiger partial charge on any atom is -0.354 e. The summed E-state index contributed by atoms with van der Waals surface area (Å²) >= 11 is 0. The van der Waals surface area contributed by atoms with E-state index in [0.717, 1.165) is 5.92 Å². The van der Waals surface area contributed by atoms with E-state index < -0.39 is 17.1 Å². The van der Waals surface area contributed by atoms with Gasteiger partial charge in [-0.1, -0.05) is 27.2 Å². The second kappa shape index (κ2) is 7.26. The van der Waals surface area contributed by atoms with Gasteiger partial charge in [0.1, 0.15) is 5.54 Å². The van der Waals surface area contributed by atoms with E-state index in [9.17, 15) is 14.4 Å². The highest BCUT2D eigenvalue weighted by atomic mass is 16.2. The van der Waals surface area contributed by atoms with E-state index in [-0.39, 0.29) is 5.91 Å². The summed E-state index contributed by atoms with van der Waals surface area (Å²) < 4.78 is 0. The van der Waals surface area contributed by atoms with E-state index in [2.05, 4.69) is 36.7 Å².